The summed E-state index contributed by atoms with van der Waals surface area (Å²) in [6, 6.07) is 10.7. The lowest BCUT2D eigenvalue weighted by Crippen LogP contribution is -2.31. The second kappa shape index (κ2) is 7.67. The Morgan fingerprint density at radius 1 is 1.04 bits per heavy atom. The monoisotopic (exact) mass is 409 g/mol. The average Bonchev–Trinajstić information content (AvgIpc) is 2.90. The first kappa shape index (κ1) is 19.3. The molecule has 0 aromatic heterocycles. The molecule has 0 saturated heterocycles. The van der Waals surface area contributed by atoms with Crippen molar-refractivity contribution in [1.82, 2.24) is 4.90 Å². The molecule has 9 heteroatoms. The minimum Gasteiger partial charge on any atom is -0.495 e. The molecule has 0 aliphatic carbocycles. The molecule has 0 N–H and O–H groups in total. The Bertz CT molecular complexity index is 970. The maximum atomic E-state index is 12.4. The van der Waals surface area contributed by atoms with Gasteiger partial charge in [0.25, 0.3) is 11.8 Å². The molecule has 2 aromatic carbocycles. The van der Waals surface area contributed by atoms with Crippen molar-refractivity contribution in [3.63, 3.8) is 0 Å². The van der Waals surface area contributed by atoms with Crippen LogP contribution in [-0.4, -0.2) is 45.4 Å². The van der Waals surface area contributed by atoms with Crippen LogP contribution in [0.5, 0.6) is 5.75 Å². The van der Waals surface area contributed by atoms with Crippen LogP contribution in [0.2, 0.25) is 5.02 Å². The standard InChI is InChI=1S/C18H16ClNO6S/c1-25-15-8-7-12(19)11-16(15)27(23,24)26-10-4-9-20-17(21)13-5-2-3-6-14(13)18(20)22/h2-3,5-8,11H,4,9-10H2,1H3. The third-order valence-corrected chi connectivity index (χ3v) is 5.61. The molecule has 1 heterocycles. The predicted octanol–water partition coefficient (Wildman–Crippen LogP) is 2.74. The summed E-state index contributed by atoms with van der Waals surface area (Å²) in [6.45, 7) is -0.153. The summed E-state index contributed by atoms with van der Waals surface area (Å²) in [5, 5.41) is 0.226. The highest BCUT2D eigenvalue weighted by molar-refractivity contribution is 7.86. The zero-order valence-corrected chi connectivity index (χ0v) is 15.9. The van der Waals surface area contributed by atoms with E-state index >= 15 is 0 Å². The van der Waals surface area contributed by atoms with E-state index < -0.39 is 21.9 Å². The van der Waals surface area contributed by atoms with Crippen LogP contribution in [0.15, 0.2) is 47.4 Å². The summed E-state index contributed by atoms with van der Waals surface area (Å²) in [4.78, 5) is 25.4. The lowest BCUT2D eigenvalue weighted by molar-refractivity contribution is 0.0647. The molecule has 0 fully saturated rings. The van der Waals surface area contributed by atoms with E-state index in [1.165, 1.54) is 25.3 Å². The molecule has 0 unspecified atom stereocenters. The van der Waals surface area contributed by atoms with Gasteiger partial charge in [0.2, 0.25) is 0 Å². The van der Waals surface area contributed by atoms with E-state index in [1.807, 2.05) is 0 Å². The number of amides is 2. The second-order valence-electron chi connectivity index (χ2n) is 5.73. The molecular formula is C18H16ClNO6S. The Kier molecular flexibility index (Phi) is 5.50. The summed E-state index contributed by atoms with van der Waals surface area (Å²) in [6.07, 6.45) is 0.160. The van der Waals surface area contributed by atoms with Gasteiger partial charge in [-0.05, 0) is 36.8 Å². The third-order valence-electron chi connectivity index (χ3n) is 4.04. The van der Waals surface area contributed by atoms with Crippen LogP contribution in [-0.2, 0) is 14.3 Å². The van der Waals surface area contributed by atoms with E-state index in [-0.39, 0.29) is 35.2 Å². The lowest BCUT2D eigenvalue weighted by Gasteiger charge is -2.14. The number of halogens is 1. The number of benzene rings is 2. The normalized spacial score (nSPS) is 13.8. The van der Waals surface area contributed by atoms with E-state index in [0.29, 0.717) is 11.1 Å². The van der Waals surface area contributed by atoms with Crippen molar-refractivity contribution in [2.24, 2.45) is 0 Å². The Labute approximate surface area is 161 Å². The van der Waals surface area contributed by atoms with Crippen LogP contribution >= 0.6 is 11.6 Å². The number of methoxy groups -OCH3 is 1. The number of hydrogen-bond donors (Lipinski definition) is 0. The maximum Gasteiger partial charge on any atom is 0.300 e. The van der Waals surface area contributed by atoms with Crippen molar-refractivity contribution in [2.45, 2.75) is 11.3 Å². The smallest absolute Gasteiger partial charge is 0.300 e. The van der Waals surface area contributed by atoms with Gasteiger partial charge in [0.1, 0.15) is 10.6 Å². The average molecular weight is 410 g/mol. The first-order valence-electron chi connectivity index (χ1n) is 8.03. The number of nitrogens with zero attached hydrogens (tertiary/aromatic N) is 1. The van der Waals surface area contributed by atoms with E-state index in [2.05, 4.69) is 0 Å². The summed E-state index contributed by atoms with van der Waals surface area (Å²) >= 11 is 5.85. The Morgan fingerprint density at radius 3 is 2.26 bits per heavy atom. The van der Waals surface area contributed by atoms with Gasteiger partial charge < -0.3 is 4.74 Å². The predicted molar refractivity (Wildman–Crippen MR) is 97.6 cm³/mol. The second-order valence-corrected chi connectivity index (χ2v) is 7.75. The van der Waals surface area contributed by atoms with Gasteiger partial charge in [-0.3, -0.25) is 18.7 Å². The summed E-state index contributed by atoms with van der Waals surface area (Å²) in [7, 11) is -2.76. The zero-order valence-electron chi connectivity index (χ0n) is 14.3. The minimum absolute atomic E-state index is 0.0501. The maximum absolute atomic E-state index is 12.4. The van der Waals surface area contributed by atoms with Crippen LogP contribution in [0.1, 0.15) is 27.1 Å². The van der Waals surface area contributed by atoms with Gasteiger partial charge in [-0.15, -0.1) is 0 Å². The van der Waals surface area contributed by atoms with Crippen molar-refractivity contribution in [3.05, 3.63) is 58.6 Å². The van der Waals surface area contributed by atoms with Crippen molar-refractivity contribution in [1.29, 1.82) is 0 Å². The largest absolute Gasteiger partial charge is 0.495 e. The van der Waals surface area contributed by atoms with E-state index in [0.717, 1.165) is 4.90 Å². The molecule has 0 bridgehead atoms. The fourth-order valence-electron chi connectivity index (χ4n) is 2.74. The van der Waals surface area contributed by atoms with Crippen LogP contribution in [0.4, 0.5) is 0 Å². The highest BCUT2D eigenvalue weighted by Crippen LogP contribution is 2.28. The number of hydrogen-bond acceptors (Lipinski definition) is 6. The molecule has 27 heavy (non-hydrogen) atoms. The molecule has 1 aliphatic heterocycles. The van der Waals surface area contributed by atoms with Crippen LogP contribution in [0.25, 0.3) is 0 Å². The molecule has 142 valence electrons. The first-order valence-corrected chi connectivity index (χ1v) is 9.82. The number of rotatable bonds is 7. The van der Waals surface area contributed by atoms with Gasteiger partial charge >= 0.3 is 10.1 Å². The van der Waals surface area contributed by atoms with Gasteiger partial charge in [-0.1, -0.05) is 23.7 Å². The van der Waals surface area contributed by atoms with Gasteiger partial charge in [-0.2, -0.15) is 8.42 Å². The fraction of sp³-hybridized carbons (Fsp3) is 0.222. The molecule has 2 amide bonds. The number of fused-ring (bicyclic) bond motifs is 1. The van der Waals surface area contributed by atoms with Crippen molar-refractivity contribution in [2.75, 3.05) is 20.3 Å². The van der Waals surface area contributed by atoms with Crippen molar-refractivity contribution >= 4 is 33.5 Å². The summed E-state index contributed by atoms with van der Waals surface area (Å²) < 4.78 is 34.7. The molecular weight excluding hydrogens is 394 g/mol. The van der Waals surface area contributed by atoms with Gasteiger partial charge in [0.15, 0.2) is 0 Å². The first-order chi connectivity index (χ1) is 12.8. The van der Waals surface area contributed by atoms with Crippen molar-refractivity contribution < 1.29 is 26.9 Å². The molecule has 2 aromatic rings. The summed E-state index contributed by atoms with van der Waals surface area (Å²) in [5.41, 5.74) is 0.694. The topological polar surface area (TPSA) is 90.0 Å². The Balaban J connectivity index is 1.62. The van der Waals surface area contributed by atoms with E-state index in [4.69, 9.17) is 20.5 Å². The minimum atomic E-state index is -4.10. The zero-order chi connectivity index (χ0) is 19.6. The highest BCUT2D eigenvalue weighted by atomic mass is 35.5. The van der Waals surface area contributed by atoms with E-state index in [9.17, 15) is 18.0 Å². The van der Waals surface area contributed by atoms with Gasteiger partial charge in [-0.25, -0.2) is 0 Å². The molecule has 3 rings (SSSR count). The number of imide groups is 1. The molecule has 0 saturated carbocycles. The number of carbonyl (C=O) groups excluding carboxylic acids is 2. The van der Waals surface area contributed by atoms with E-state index in [1.54, 1.807) is 24.3 Å². The van der Waals surface area contributed by atoms with Gasteiger partial charge in [0, 0.05) is 11.6 Å². The lowest BCUT2D eigenvalue weighted by atomic mass is 10.1. The van der Waals surface area contributed by atoms with Crippen LogP contribution in [0.3, 0.4) is 0 Å². The number of ether oxygens (including phenoxy) is 1. The fourth-order valence-corrected chi connectivity index (χ4v) is 4.11. The molecule has 1 aliphatic rings. The molecule has 0 spiro atoms. The number of carbonyl (C=O) groups is 2. The SMILES string of the molecule is COc1ccc(Cl)cc1S(=O)(=O)OCCCN1C(=O)c2ccccc2C1=O. The Morgan fingerprint density at radius 2 is 1.67 bits per heavy atom. The highest BCUT2D eigenvalue weighted by Gasteiger charge is 2.34. The summed E-state index contributed by atoms with van der Waals surface area (Å²) in [5.74, 6) is -0.676. The van der Waals surface area contributed by atoms with Crippen LogP contribution in [0, 0.1) is 0 Å². The molecule has 0 atom stereocenters. The molecule has 7 nitrogen and oxygen atoms in total. The van der Waals surface area contributed by atoms with Crippen LogP contribution < -0.4 is 4.74 Å². The third kappa shape index (κ3) is 3.83. The van der Waals surface area contributed by atoms with Gasteiger partial charge in [0.05, 0.1) is 24.8 Å². The van der Waals surface area contributed by atoms with Crippen molar-refractivity contribution in [3.8, 4) is 5.75 Å². The quantitative estimate of drug-likeness (QED) is 0.397. The molecule has 0 radical (unpaired) electrons. The Hall–Kier alpha value is -2.42.